The number of amides is 1. The highest BCUT2D eigenvalue weighted by Gasteiger charge is 2.43. The summed E-state index contributed by atoms with van der Waals surface area (Å²) >= 11 is 0. The first-order valence-electron chi connectivity index (χ1n) is 7.24. The van der Waals surface area contributed by atoms with E-state index in [-0.39, 0.29) is 24.2 Å². The summed E-state index contributed by atoms with van der Waals surface area (Å²) in [4.78, 5) is 14.0. The van der Waals surface area contributed by atoms with Gasteiger partial charge in [-0.15, -0.1) is 0 Å². The molecule has 20 heavy (non-hydrogen) atoms. The number of likely N-dealkylation sites (tertiary alicyclic amines) is 1. The number of hydrogen-bond acceptors (Lipinski definition) is 3. The van der Waals surface area contributed by atoms with Crippen LogP contribution in [0.15, 0.2) is 12.7 Å². The van der Waals surface area contributed by atoms with E-state index in [0.717, 1.165) is 13.0 Å². The topological polar surface area (TPSA) is 38.8 Å². The van der Waals surface area contributed by atoms with Gasteiger partial charge in [0, 0.05) is 6.54 Å². The van der Waals surface area contributed by atoms with E-state index in [9.17, 15) is 4.79 Å². The van der Waals surface area contributed by atoms with Crippen LogP contribution in [-0.4, -0.2) is 45.8 Å². The van der Waals surface area contributed by atoms with Crippen LogP contribution in [0.1, 0.15) is 27.2 Å². The average molecular weight is 298 g/mol. The van der Waals surface area contributed by atoms with Crippen molar-refractivity contribution in [2.75, 3.05) is 19.8 Å². The van der Waals surface area contributed by atoms with E-state index < -0.39 is 9.04 Å². The molecule has 1 heterocycles. The fraction of sp³-hybridized carbons (Fsp3) is 0.800. The van der Waals surface area contributed by atoms with Crippen LogP contribution in [-0.2, 0) is 9.16 Å². The molecule has 1 rings (SSSR count). The van der Waals surface area contributed by atoms with Gasteiger partial charge < -0.3 is 14.1 Å². The van der Waals surface area contributed by atoms with Gasteiger partial charge in [0.25, 0.3) is 0 Å². The Hall–Kier alpha value is -0.813. The van der Waals surface area contributed by atoms with Gasteiger partial charge in [-0.1, -0.05) is 33.4 Å². The summed E-state index contributed by atoms with van der Waals surface area (Å²) in [5.41, 5.74) is 0.163. The summed E-state index contributed by atoms with van der Waals surface area (Å²) in [6.07, 6.45) is 2.36. The predicted octanol–water partition coefficient (Wildman–Crippen LogP) is 3.31. The molecular formula is C15H28NO3Si. The van der Waals surface area contributed by atoms with E-state index in [1.807, 2.05) is 4.90 Å². The normalized spacial score (nSPS) is 23.2. The third-order valence-electron chi connectivity index (χ3n) is 3.76. The molecule has 2 unspecified atom stereocenters. The summed E-state index contributed by atoms with van der Waals surface area (Å²) in [7, 11) is -0.750. The van der Waals surface area contributed by atoms with E-state index in [1.54, 1.807) is 6.08 Å². The van der Waals surface area contributed by atoms with Crippen molar-refractivity contribution >= 4 is 15.1 Å². The number of nitrogens with zero attached hydrogens (tertiary/aromatic N) is 1. The first kappa shape index (κ1) is 17.2. The standard InChI is InChI=1S/C15H28NO3Si/c1-7-10-18-14(17)16-9-8-12(15(2,3)4)13(16)11-19-20(5)6/h7,12-13H,1,8-11H2,2-6H3. The molecule has 0 aromatic heterocycles. The van der Waals surface area contributed by atoms with Crippen molar-refractivity contribution in [2.24, 2.45) is 11.3 Å². The van der Waals surface area contributed by atoms with Crippen LogP contribution < -0.4 is 0 Å². The predicted molar refractivity (Wildman–Crippen MR) is 83.0 cm³/mol. The Balaban J connectivity index is 2.77. The molecule has 2 atom stereocenters. The lowest BCUT2D eigenvalue weighted by Gasteiger charge is -2.35. The third-order valence-corrected chi connectivity index (χ3v) is 4.50. The van der Waals surface area contributed by atoms with E-state index in [2.05, 4.69) is 40.4 Å². The van der Waals surface area contributed by atoms with Gasteiger partial charge in [-0.3, -0.25) is 0 Å². The van der Waals surface area contributed by atoms with E-state index in [1.165, 1.54) is 0 Å². The van der Waals surface area contributed by atoms with Gasteiger partial charge in [-0.05, 0) is 30.8 Å². The maximum atomic E-state index is 12.1. The highest BCUT2D eigenvalue weighted by Crippen LogP contribution is 2.38. The number of hydrogen-bond donors (Lipinski definition) is 0. The Labute approximate surface area is 124 Å². The monoisotopic (exact) mass is 298 g/mol. The van der Waals surface area contributed by atoms with Crippen molar-refractivity contribution in [3.8, 4) is 0 Å². The van der Waals surface area contributed by atoms with Crippen LogP contribution in [0.4, 0.5) is 4.79 Å². The van der Waals surface area contributed by atoms with Crippen LogP contribution >= 0.6 is 0 Å². The molecule has 1 aliphatic rings. The van der Waals surface area contributed by atoms with Crippen molar-refractivity contribution in [3.05, 3.63) is 12.7 Å². The molecule has 0 spiro atoms. The number of carbonyl (C=O) groups excluding carboxylic acids is 1. The maximum absolute atomic E-state index is 12.1. The number of rotatable bonds is 5. The van der Waals surface area contributed by atoms with Gasteiger partial charge in [-0.25, -0.2) is 4.79 Å². The van der Waals surface area contributed by atoms with Gasteiger partial charge >= 0.3 is 6.09 Å². The zero-order valence-corrected chi connectivity index (χ0v) is 14.4. The number of carbonyl (C=O) groups is 1. The molecule has 0 bridgehead atoms. The van der Waals surface area contributed by atoms with Crippen molar-refractivity contribution in [1.82, 2.24) is 4.90 Å². The molecule has 0 N–H and O–H groups in total. The van der Waals surface area contributed by atoms with E-state index in [0.29, 0.717) is 12.5 Å². The molecule has 5 heteroatoms. The molecule has 1 aliphatic heterocycles. The summed E-state index contributed by atoms with van der Waals surface area (Å²) in [5.74, 6) is 0.445. The fourth-order valence-electron chi connectivity index (χ4n) is 2.76. The lowest BCUT2D eigenvalue weighted by molar-refractivity contribution is 0.0727. The average Bonchev–Trinajstić information content (AvgIpc) is 2.76. The second-order valence-corrected chi connectivity index (χ2v) is 8.71. The Morgan fingerprint density at radius 2 is 2.10 bits per heavy atom. The third kappa shape index (κ3) is 4.63. The second-order valence-electron chi connectivity index (χ2n) is 6.61. The largest absolute Gasteiger partial charge is 0.445 e. The van der Waals surface area contributed by atoms with Crippen LogP contribution in [0.5, 0.6) is 0 Å². The highest BCUT2D eigenvalue weighted by atomic mass is 28.3. The number of ether oxygens (including phenoxy) is 1. The Morgan fingerprint density at radius 3 is 2.60 bits per heavy atom. The van der Waals surface area contributed by atoms with E-state index >= 15 is 0 Å². The fourth-order valence-corrected chi connectivity index (χ4v) is 3.27. The van der Waals surface area contributed by atoms with Crippen LogP contribution in [0.25, 0.3) is 0 Å². The molecule has 1 radical (unpaired) electrons. The Morgan fingerprint density at radius 1 is 1.45 bits per heavy atom. The second kappa shape index (κ2) is 7.27. The molecule has 0 aliphatic carbocycles. The minimum absolute atomic E-state index is 0.118. The lowest BCUT2D eigenvalue weighted by Crippen LogP contribution is -2.44. The Kier molecular flexibility index (Phi) is 6.26. The molecule has 4 nitrogen and oxygen atoms in total. The van der Waals surface area contributed by atoms with Crippen molar-refractivity contribution < 1.29 is 14.0 Å². The van der Waals surface area contributed by atoms with Gasteiger partial charge in [0.2, 0.25) is 9.04 Å². The molecule has 1 fully saturated rings. The van der Waals surface area contributed by atoms with Gasteiger partial charge in [0.15, 0.2) is 0 Å². The van der Waals surface area contributed by atoms with Gasteiger partial charge in [-0.2, -0.15) is 0 Å². The molecule has 1 saturated heterocycles. The SMILES string of the molecule is C=CCOC(=O)N1CCC(C(C)(C)C)C1CO[Si](C)C. The van der Waals surface area contributed by atoms with Crippen molar-refractivity contribution in [2.45, 2.75) is 46.3 Å². The molecule has 0 saturated carbocycles. The van der Waals surface area contributed by atoms with Crippen LogP contribution in [0.3, 0.4) is 0 Å². The molecular weight excluding hydrogens is 270 g/mol. The summed E-state index contributed by atoms with van der Waals surface area (Å²) < 4.78 is 11.1. The highest BCUT2D eigenvalue weighted by molar-refractivity contribution is 6.48. The van der Waals surface area contributed by atoms with Gasteiger partial charge in [0.05, 0.1) is 12.6 Å². The summed E-state index contributed by atoms with van der Waals surface area (Å²) in [6, 6.07) is 0.118. The quantitative estimate of drug-likeness (QED) is 0.577. The van der Waals surface area contributed by atoms with Crippen LogP contribution in [0, 0.1) is 11.3 Å². The molecule has 1 amide bonds. The minimum atomic E-state index is -0.750. The van der Waals surface area contributed by atoms with Crippen LogP contribution in [0.2, 0.25) is 13.1 Å². The molecule has 0 aromatic rings. The first-order chi connectivity index (χ1) is 9.27. The zero-order valence-electron chi connectivity index (χ0n) is 13.4. The minimum Gasteiger partial charge on any atom is -0.445 e. The van der Waals surface area contributed by atoms with Crippen molar-refractivity contribution in [3.63, 3.8) is 0 Å². The smallest absolute Gasteiger partial charge is 0.410 e. The molecule has 115 valence electrons. The molecule has 0 aromatic carbocycles. The maximum Gasteiger partial charge on any atom is 0.410 e. The zero-order chi connectivity index (χ0) is 15.3. The lowest BCUT2D eigenvalue weighted by atomic mass is 9.76. The summed E-state index contributed by atoms with van der Waals surface area (Å²) in [6.45, 7) is 16.1. The Bertz CT molecular complexity index is 339. The van der Waals surface area contributed by atoms with E-state index in [4.69, 9.17) is 9.16 Å². The van der Waals surface area contributed by atoms with Crippen molar-refractivity contribution in [1.29, 1.82) is 0 Å². The summed E-state index contributed by atoms with van der Waals surface area (Å²) in [5, 5.41) is 0. The first-order valence-corrected chi connectivity index (χ1v) is 9.65. The van der Waals surface area contributed by atoms with Gasteiger partial charge in [0.1, 0.15) is 6.61 Å².